The molecule has 1 aromatic heterocycles. The third-order valence-electron chi connectivity index (χ3n) is 8.33. The Labute approximate surface area is 274 Å². The number of rotatable bonds is 7. The van der Waals surface area contributed by atoms with Crippen molar-refractivity contribution in [2.45, 2.75) is 29.4 Å². The van der Waals surface area contributed by atoms with Crippen LogP contribution in [0.2, 0.25) is 0 Å². The highest BCUT2D eigenvalue weighted by Gasteiger charge is 2.52. The number of carbonyl (C=O) groups excluding carboxylic acids is 4. The van der Waals surface area contributed by atoms with E-state index in [1.54, 1.807) is 42.5 Å². The normalized spacial score (nSPS) is 21.1. The first-order valence-electron chi connectivity index (χ1n) is 14.1. The minimum atomic E-state index is -0.729. The van der Waals surface area contributed by atoms with Gasteiger partial charge in [-0.3, -0.25) is 29.4 Å². The molecule has 3 aromatic carbocycles. The molecule has 6 rings (SSSR count). The number of benzene rings is 3. The number of nitrogens with zero attached hydrogens (tertiary/aromatic N) is 3. The molecule has 2 aliphatic rings. The highest BCUT2D eigenvalue weighted by Crippen LogP contribution is 2.44. The highest BCUT2D eigenvalue weighted by atomic mass is 79.9. The number of hydrogen-bond acceptors (Lipinski definition) is 8. The number of nitro groups is 1. The summed E-state index contributed by atoms with van der Waals surface area (Å²) in [5.74, 6) is -2.36. The molecule has 0 bridgehead atoms. The lowest BCUT2D eigenvalue weighted by Gasteiger charge is -2.29. The maximum absolute atomic E-state index is 13.3. The number of Topliss-reactive ketones (excluding diaryl/α,β-unsaturated/α-hetero) is 1. The zero-order chi connectivity index (χ0) is 32.0. The molecule has 1 aliphatic carbocycles. The first-order valence-corrected chi connectivity index (χ1v) is 16.0. The van der Waals surface area contributed by atoms with Gasteiger partial charge in [0.25, 0.3) is 5.69 Å². The van der Waals surface area contributed by atoms with Gasteiger partial charge in [0.05, 0.1) is 39.2 Å². The van der Waals surface area contributed by atoms with Crippen LogP contribution in [0.5, 0.6) is 0 Å². The van der Waals surface area contributed by atoms with E-state index in [9.17, 15) is 29.3 Å². The van der Waals surface area contributed by atoms with Crippen molar-refractivity contribution in [1.82, 2.24) is 4.98 Å². The van der Waals surface area contributed by atoms with Crippen LogP contribution in [0.15, 0.2) is 72.8 Å². The fourth-order valence-electron chi connectivity index (χ4n) is 5.90. The zero-order valence-corrected chi connectivity index (χ0v) is 27.0. The highest BCUT2D eigenvalue weighted by molar-refractivity contribution is 9.12. The summed E-state index contributed by atoms with van der Waals surface area (Å²) in [6.45, 7) is 1.32. The molecule has 2 amide bonds. The van der Waals surface area contributed by atoms with E-state index in [2.05, 4.69) is 31.9 Å². The van der Waals surface area contributed by atoms with Gasteiger partial charge in [-0.25, -0.2) is 9.78 Å². The van der Waals surface area contributed by atoms with E-state index >= 15 is 0 Å². The maximum atomic E-state index is 13.3. The quantitative estimate of drug-likeness (QED) is 0.0519. The number of anilines is 1. The number of aromatic nitrogens is 1. The Balaban J connectivity index is 1.26. The van der Waals surface area contributed by atoms with Crippen molar-refractivity contribution >= 4 is 77.7 Å². The molecule has 228 valence electrons. The summed E-state index contributed by atoms with van der Waals surface area (Å²) in [4.78, 5) is 69.1. The van der Waals surface area contributed by atoms with Gasteiger partial charge in [0, 0.05) is 38.3 Å². The summed E-state index contributed by atoms with van der Waals surface area (Å²) >= 11 is 7.23. The molecule has 2 heterocycles. The van der Waals surface area contributed by atoms with Gasteiger partial charge in [0.1, 0.15) is 0 Å². The van der Waals surface area contributed by atoms with Crippen LogP contribution < -0.4 is 4.90 Å². The van der Waals surface area contributed by atoms with Gasteiger partial charge in [-0.05, 0) is 55.7 Å². The Kier molecular flexibility index (Phi) is 8.36. The fourth-order valence-corrected chi connectivity index (χ4v) is 7.14. The number of imide groups is 1. The van der Waals surface area contributed by atoms with Crippen molar-refractivity contribution in [3.8, 4) is 11.3 Å². The molecule has 4 unspecified atom stereocenters. The molecule has 10 nitrogen and oxygen atoms in total. The second kappa shape index (κ2) is 12.2. The number of fused-ring (bicyclic) bond motifs is 2. The Morgan fingerprint density at radius 3 is 2.18 bits per heavy atom. The lowest BCUT2D eigenvalue weighted by Crippen LogP contribution is -2.34. The molecule has 0 N–H and O–H groups in total. The monoisotopic (exact) mass is 733 g/mol. The molecule has 45 heavy (non-hydrogen) atoms. The minimum absolute atomic E-state index is 0.113. The van der Waals surface area contributed by atoms with E-state index in [-0.39, 0.29) is 50.1 Å². The van der Waals surface area contributed by atoms with Gasteiger partial charge >= 0.3 is 5.97 Å². The third kappa shape index (κ3) is 5.80. The largest absolute Gasteiger partial charge is 0.454 e. The van der Waals surface area contributed by atoms with Gasteiger partial charge < -0.3 is 4.74 Å². The average Bonchev–Trinajstić information content (AvgIpc) is 3.27. The van der Waals surface area contributed by atoms with Crippen LogP contribution in [0.3, 0.4) is 0 Å². The number of non-ortho nitro benzene ring substituents is 1. The number of ether oxygens (including phenoxy) is 1. The first-order chi connectivity index (χ1) is 21.5. The van der Waals surface area contributed by atoms with E-state index in [0.717, 1.165) is 5.56 Å². The molecule has 0 radical (unpaired) electrons. The minimum Gasteiger partial charge on any atom is -0.454 e. The topological polar surface area (TPSA) is 137 Å². The number of halogens is 2. The van der Waals surface area contributed by atoms with Gasteiger partial charge in [-0.1, -0.05) is 62.2 Å². The number of ketones is 1. The van der Waals surface area contributed by atoms with E-state index in [1.807, 2.05) is 13.0 Å². The molecular formula is C33H25Br2N3O7. The standard InChI is InChI=1S/C33H25Br2N3O7/c1-17-3-2-4-22-25(33(42)45-16-29(39)19-7-11-21(12-8-19)38(43)44)15-28(36-30(17)22)18-5-9-20(10-6-18)37-31(40)23-13-26(34)27(35)14-24(23)32(37)41/h2-12,15,23-24,26-27H,13-14,16H2,1H3. The number of nitro benzene ring substituents is 1. The predicted octanol–water partition coefficient (Wildman–Crippen LogP) is 6.58. The molecule has 0 spiro atoms. The fraction of sp³-hybridized carbons (Fsp3) is 0.242. The third-order valence-corrected chi connectivity index (χ3v) is 11.1. The summed E-state index contributed by atoms with van der Waals surface area (Å²) in [6.07, 6.45) is 1.16. The van der Waals surface area contributed by atoms with Crippen LogP contribution in [-0.4, -0.2) is 49.7 Å². The molecule has 1 saturated heterocycles. The van der Waals surface area contributed by atoms with Crippen LogP contribution in [0.25, 0.3) is 22.2 Å². The number of carbonyl (C=O) groups is 4. The second-order valence-electron chi connectivity index (χ2n) is 11.1. The Hall–Kier alpha value is -4.29. The van der Waals surface area contributed by atoms with Crippen molar-refractivity contribution in [3.63, 3.8) is 0 Å². The summed E-state index contributed by atoms with van der Waals surface area (Å²) in [5, 5.41) is 11.5. The Morgan fingerprint density at radius 1 is 0.956 bits per heavy atom. The van der Waals surface area contributed by atoms with E-state index < -0.39 is 23.3 Å². The van der Waals surface area contributed by atoms with Crippen LogP contribution in [0, 0.1) is 28.9 Å². The SMILES string of the molecule is Cc1cccc2c(C(=O)OCC(=O)c3ccc([N+](=O)[O-])cc3)cc(-c3ccc(N4C(=O)C5CC(Br)C(Br)CC5C4=O)cc3)nc12. The number of amides is 2. The molecule has 4 aromatic rings. The van der Waals surface area contributed by atoms with Crippen molar-refractivity contribution < 1.29 is 28.8 Å². The lowest BCUT2D eigenvalue weighted by atomic mass is 9.81. The smallest absolute Gasteiger partial charge is 0.339 e. The number of pyridine rings is 1. The zero-order valence-electron chi connectivity index (χ0n) is 23.8. The number of para-hydroxylation sites is 1. The molecule has 2 fully saturated rings. The summed E-state index contributed by atoms with van der Waals surface area (Å²) in [7, 11) is 0. The number of hydrogen-bond donors (Lipinski definition) is 0. The molecular weight excluding hydrogens is 710 g/mol. The van der Waals surface area contributed by atoms with E-state index in [0.29, 0.717) is 40.7 Å². The summed E-state index contributed by atoms with van der Waals surface area (Å²) in [5.41, 5.74) is 3.23. The average molecular weight is 735 g/mol. The van der Waals surface area contributed by atoms with Crippen molar-refractivity contribution in [2.75, 3.05) is 11.5 Å². The van der Waals surface area contributed by atoms with Crippen LogP contribution in [-0.2, 0) is 14.3 Å². The number of alkyl halides is 2. The van der Waals surface area contributed by atoms with E-state index in [1.165, 1.54) is 29.2 Å². The van der Waals surface area contributed by atoms with Gasteiger partial charge in [0.2, 0.25) is 11.8 Å². The second-order valence-corrected chi connectivity index (χ2v) is 13.5. The van der Waals surface area contributed by atoms with Crippen LogP contribution >= 0.6 is 31.9 Å². The summed E-state index contributed by atoms with van der Waals surface area (Å²) < 4.78 is 5.39. The molecule has 12 heteroatoms. The van der Waals surface area contributed by atoms with Gasteiger partial charge in [-0.15, -0.1) is 0 Å². The predicted molar refractivity (Wildman–Crippen MR) is 174 cm³/mol. The first kappa shape index (κ1) is 30.7. The number of aryl methyl sites for hydroxylation is 1. The molecule has 1 saturated carbocycles. The van der Waals surface area contributed by atoms with Crippen LogP contribution in [0.1, 0.15) is 39.1 Å². The molecule has 1 aliphatic heterocycles. The molecule has 4 atom stereocenters. The van der Waals surface area contributed by atoms with Crippen molar-refractivity contribution in [3.05, 3.63) is 99.6 Å². The van der Waals surface area contributed by atoms with Gasteiger partial charge in [-0.2, -0.15) is 0 Å². The Morgan fingerprint density at radius 2 is 1.58 bits per heavy atom. The maximum Gasteiger partial charge on any atom is 0.339 e. The summed E-state index contributed by atoms with van der Waals surface area (Å²) in [6, 6.07) is 18.9. The van der Waals surface area contributed by atoms with Gasteiger partial charge in [0.15, 0.2) is 12.4 Å². The van der Waals surface area contributed by atoms with Crippen LogP contribution in [0.4, 0.5) is 11.4 Å². The number of esters is 1. The van der Waals surface area contributed by atoms with Crippen molar-refractivity contribution in [1.29, 1.82) is 0 Å². The van der Waals surface area contributed by atoms with Crippen molar-refractivity contribution in [2.24, 2.45) is 11.8 Å². The lowest BCUT2D eigenvalue weighted by molar-refractivity contribution is -0.384. The van der Waals surface area contributed by atoms with E-state index in [4.69, 9.17) is 9.72 Å². The Bertz CT molecular complexity index is 1850.